The fourth-order valence-electron chi connectivity index (χ4n) is 3.22. The summed E-state index contributed by atoms with van der Waals surface area (Å²) in [6, 6.07) is 5.63. The molecule has 0 radical (unpaired) electrons. The summed E-state index contributed by atoms with van der Waals surface area (Å²) in [5, 5.41) is 4.25. The molecule has 0 unspecified atom stereocenters. The summed E-state index contributed by atoms with van der Waals surface area (Å²) < 4.78 is 39.2. The first-order valence-corrected chi connectivity index (χ1v) is 8.51. The van der Waals surface area contributed by atoms with Gasteiger partial charge in [0, 0.05) is 60.2 Å². The van der Waals surface area contributed by atoms with E-state index in [2.05, 4.69) is 31.1 Å². The molecule has 3 rings (SSSR count). The maximum absolute atomic E-state index is 12.8. The van der Waals surface area contributed by atoms with Gasteiger partial charge in [0.2, 0.25) is 0 Å². The number of halogens is 6. The smallest absolute Gasteiger partial charge is 0.361 e. The van der Waals surface area contributed by atoms with Gasteiger partial charge in [-0.3, -0.25) is 4.90 Å². The van der Waals surface area contributed by atoms with Crippen LogP contribution in [0, 0.1) is 0 Å². The number of nitrogens with one attached hydrogen (secondary N) is 2. The molecule has 2 heterocycles. The normalized spacial score (nSPS) is 17.0. The van der Waals surface area contributed by atoms with Crippen LogP contribution in [0.3, 0.4) is 0 Å². The summed E-state index contributed by atoms with van der Waals surface area (Å²) in [6.07, 6.45) is -2.94. The highest BCUT2D eigenvalue weighted by Gasteiger charge is 2.32. The quantitative estimate of drug-likeness (QED) is 0.665. The first-order chi connectivity index (χ1) is 10.9. The zero-order valence-corrected chi connectivity index (χ0v) is 16.6. The molecular formula is C16H21BrCl2F3N3. The van der Waals surface area contributed by atoms with Crippen LogP contribution < -0.4 is 5.32 Å². The minimum atomic E-state index is -4.13. The lowest BCUT2D eigenvalue weighted by Crippen LogP contribution is -2.45. The van der Waals surface area contributed by atoms with Crippen molar-refractivity contribution in [2.45, 2.75) is 25.1 Å². The van der Waals surface area contributed by atoms with Crippen molar-refractivity contribution in [2.75, 3.05) is 26.2 Å². The summed E-state index contributed by atoms with van der Waals surface area (Å²) >= 11 is 3.45. The topological polar surface area (TPSA) is 31.1 Å². The number of fused-ring (bicyclic) bond motifs is 1. The molecule has 25 heavy (non-hydrogen) atoms. The molecule has 2 N–H and O–H groups in total. The van der Waals surface area contributed by atoms with Crippen molar-refractivity contribution < 1.29 is 13.2 Å². The van der Waals surface area contributed by atoms with E-state index in [4.69, 9.17) is 0 Å². The Morgan fingerprint density at radius 1 is 1.16 bits per heavy atom. The number of hydrogen-bond donors (Lipinski definition) is 2. The van der Waals surface area contributed by atoms with Crippen LogP contribution in [-0.2, 0) is 0 Å². The highest BCUT2D eigenvalue weighted by molar-refractivity contribution is 9.10. The SMILES string of the molecule is Cl.Cl.FC(F)(F)CC[C@H](c1c[nH]c2ccc(Br)cc12)N1CCNCC1. The zero-order chi connectivity index (χ0) is 16.4. The molecule has 1 saturated heterocycles. The summed E-state index contributed by atoms with van der Waals surface area (Å²) in [7, 11) is 0. The lowest BCUT2D eigenvalue weighted by Gasteiger charge is -2.35. The molecule has 1 atom stereocenters. The number of nitrogens with zero attached hydrogens (tertiary/aromatic N) is 1. The Bertz CT molecular complexity index is 672. The van der Waals surface area contributed by atoms with Crippen molar-refractivity contribution in [3.63, 3.8) is 0 Å². The third-order valence-electron chi connectivity index (χ3n) is 4.33. The van der Waals surface area contributed by atoms with Crippen LogP contribution in [0.25, 0.3) is 10.9 Å². The second kappa shape index (κ2) is 9.46. The lowest BCUT2D eigenvalue weighted by molar-refractivity contribution is -0.138. The molecule has 1 aliphatic heterocycles. The van der Waals surface area contributed by atoms with E-state index in [0.717, 1.165) is 47.1 Å². The molecule has 0 saturated carbocycles. The molecule has 0 amide bonds. The molecule has 1 aromatic heterocycles. The second-order valence-electron chi connectivity index (χ2n) is 5.89. The fourth-order valence-corrected chi connectivity index (χ4v) is 3.58. The highest BCUT2D eigenvalue weighted by atomic mass is 79.9. The Kier molecular flexibility index (Phi) is 8.54. The minimum absolute atomic E-state index is 0. The molecule has 0 aliphatic carbocycles. The number of rotatable bonds is 4. The minimum Gasteiger partial charge on any atom is -0.361 e. The molecule has 2 aromatic rings. The van der Waals surface area contributed by atoms with Crippen LogP contribution in [0.1, 0.15) is 24.4 Å². The van der Waals surface area contributed by atoms with Gasteiger partial charge in [0.1, 0.15) is 0 Å². The predicted octanol–water partition coefficient (Wildman–Crippen LogP) is 5.06. The average molecular weight is 463 g/mol. The highest BCUT2D eigenvalue weighted by Crippen LogP contribution is 2.36. The van der Waals surface area contributed by atoms with Gasteiger partial charge in [-0.05, 0) is 30.2 Å². The van der Waals surface area contributed by atoms with Gasteiger partial charge in [-0.15, -0.1) is 24.8 Å². The zero-order valence-electron chi connectivity index (χ0n) is 13.4. The van der Waals surface area contributed by atoms with Crippen LogP contribution in [0.15, 0.2) is 28.9 Å². The first kappa shape index (κ1) is 22.6. The van der Waals surface area contributed by atoms with Crippen LogP contribution in [0.4, 0.5) is 13.2 Å². The largest absolute Gasteiger partial charge is 0.389 e. The van der Waals surface area contributed by atoms with Gasteiger partial charge in [-0.1, -0.05) is 15.9 Å². The number of benzene rings is 1. The molecule has 0 spiro atoms. The Balaban J connectivity index is 0.00000156. The fraction of sp³-hybridized carbons (Fsp3) is 0.500. The Hall–Kier alpha value is -0.470. The second-order valence-corrected chi connectivity index (χ2v) is 6.81. The van der Waals surface area contributed by atoms with Gasteiger partial charge in [0.25, 0.3) is 0 Å². The predicted molar refractivity (Wildman–Crippen MR) is 103 cm³/mol. The van der Waals surface area contributed by atoms with Crippen LogP contribution in [0.5, 0.6) is 0 Å². The summed E-state index contributed by atoms with van der Waals surface area (Å²) in [4.78, 5) is 5.35. The van der Waals surface area contributed by atoms with E-state index in [1.807, 2.05) is 24.4 Å². The van der Waals surface area contributed by atoms with Crippen molar-refractivity contribution in [1.82, 2.24) is 15.2 Å². The average Bonchev–Trinajstić information content (AvgIpc) is 2.91. The van der Waals surface area contributed by atoms with E-state index in [-0.39, 0.29) is 37.3 Å². The number of aromatic amines is 1. The van der Waals surface area contributed by atoms with Crippen molar-refractivity contribution in [3.8, 4) is 0 Å². The van der Waals surface area contributed by atoms with Crippen LogP contribution in [0.2, 0.25) is 0 Å². The summed E-state index contributed by atoms with van der Waals surface area (Å²) in [6.45, 7) is 3.16. The van der Waals surface area contributed by atoms with E-state index in [1.54, 1.807) is 0 Å². The number of alkyl halides is 3. The molecular weight excluding hydrogens is 442 g/mol. The lowest BCUT2D eigenvalue weighted by atomic mass is 9.98. The summed E-state index contributed by atoms with van der Waals surface area (Å²) in [5.41, 5.74) is 1.91. The number of piperazine rings is 1. The van der Waals surface area contributed by atoms with Gasteiger partial charge >= 0.3 is 6.18 Å². The standard InChI is InChI=1S/C16H19BrF3N3.2ClH/c17-11-1-2-14-12(9-11)13(10-22-14)15(3-4-16(18,19)20)23-7-5-21-6-8-23;;/h1-2,9-10,15,21-22H,3-8H2;2*1H/t15-;;/m1../s1. The van der Waals surface area contributed by atoms with E-state index in [0.29, 0.717) is 0 Å². The van der Waals surface area contributed by atoms with E-state index >= 15 is 0 Å². The van der Waals surface area contributed by atoms with Gasteiger partial charge in [0.05, 0.1) is 0 Å². The first-order valence-electron chi connectivity index (χ1n) is 7.72. The molecule has 0 bridgehead atoms. The number of aromatic nitrogens is 1. The van der Waals surface area contributed by atoms with Gasteiger partial charge in [-0.2, -0.15) is 13.2 Å². The Morgan fingerprint density at radius 2 is 1.84 bits per heavy atom. The molecule has 1 aliphatic rings. The maximum atomic E-state index is 12.8. The van der Waals surface area contributed by atoms with Gasteiger partial charge in [0.15, 0.2) is 0 Å². The monoisotopic (exact) mass is 461 g/mol. The van der Waals surface area contributed by atoms with Gasteiger partial charge in [-0.25, -0.2) is 0 Å². The van der Waals surface area contributed by atoms with Crippen molar-refractivity contribution in [1.29, 1.82) is 0 Å². The van der Waals surface area contributed by atoms with Crippen LogP contribution >= 0.6 is 40.7 Å². The molecule has 1 fully saturated rings. The molecule has 9 heteroatoms. The number of H-pyrrole nitrogens is 1. The van der Waals surface area contributed by atoms with E-state index in [1.165, 1.54) is 0 Å². The van der Waals surface area contributed by atoms with E-state index in [9.17, 15) is 13.2 Å². The molecule has 1 aromatic carbocycles. The summed E-state index contributed by atoms with van der Waals surface area (Å²) in [5.74, 6) is 0. The van der Waals surface area contributed by atoms with Crippen LogP contribution in [-0.4, -0.2) is 42.2 Å². The Morgan fingerprint density at radius 3 is 2.48 bits per heavy atom. The molecule has 3 nitrogen and oxygen atoms in total. The van der Waals surface area contributed by atoms with Crippen molar-refractivity contribution in [2.24, 2.45) is 0 Å². The van der Waals surface area contributed by atoms with Crippen molar-refractivity contribution in [3.05, 3.63) is 34.4 Å². The number of hydrogen-bond acceptors (Lipinski definition) is 2. The third kappa shape index (κ3) is 5.76. The van der Waals surface area contributed by atoms with Crippen molar-refractivity contribution >= 4 is 51.6 Å². The molecule has 142 valence electrons. The van der Waals surface area contributed by atoms with Gasteiger partial charge < -0.3 is 10.3 Å². The third-order valence-corrected chi connectivity index (χ3v) is 4.82. The maximum Gasteiger partial charge on any atom is 0.389 e. The Labute approximate surface area is 165 Å². The van der Waals surface area contributed by atoms with E-state index < -0.39 is 12.6 Å².